The lowest BCUT2D eigenvalue weighted by Gasteiger charge is -2.36. The van der Waals surface area contributed by atoms with E-state index in [1.807, 2.05) is 72.8 Å². The van der Waals surface area contributed by atoms with Crippen molar-refractivity contribution >= 4 is 23.8 Å². The molecule has 1 fully saturated rings. The summed E-state index contributed by atoms with van der Waals surface area (Å²) in [7, 11) is 0. The van der Waals surface area contributed by atoms with E-state index in [2.05, 4.69) is 0 Å². The van der Waals surface area contributed by atoms with Gasteiger partial charge < -0.3 is 34.4 Å². The van der Waals surface area contributed by atoms with E-state index in [0.717, 1.165) is 16.0 Å². The number of rotatable bonds is 13. The van der Waals surface area contributed by atoms with Crippen LogP contribution in [0.2, 0.25) is 0 Å². The van der Waals surface area contributed by atoms with Crippen LogP contribution in [0.4, 0.5) is 0 Å². The first kappa shape index (κ1) is 31.2. The van der Waals surface area contributed by atoms with E-state index in [9.17, 15) is 34.5 Å². The number of carboxylic acid groups (broad SMARTS) is 3. The SMILES string of the molecule is CC1OC(C(=O)O)(C(=O)O)OC1C(=O)N(CC(=O)O)C(C)C(CCc1ccccc1)c1ccc(Oc2ccccc2)cc1. The molecular weight excluding hydrogens is 558 g/mol. The third kappa shape index (κ3) is 7.19. The Morgan fingerprint density at radius 1 is 0.837 bits per heavy atom. The largest absolute Gasteiger partial charge is 0.480 e. The van der Waals surface area contributed by atoms with Crippen molar-refractivity contribution in [1.82, 2.24) is 4.90 Å². The van der Waals surface area contributed by atoms with Crippen LogP contribution in [0.25, 0.3) is 0 Å². The van der Waals surface area contributed by atoms with Crippen molar-refractivity contribution in [3.8, 4) is 11.5 Å². The molecule has 1 amide bonds. The molecule has 1 heterocycles. The Balaban J connectivity index is 1.64. The Hall–Kier alpha value is -4.74. The van der Waals surface area contributed by atoms with Gasteiger partial charge in [-0.3, -0.25) is 9.59 Å². The van der Waals surface area contributed by atoms with E-state index in [1.54, 1.807) is 19.1 Å². The van der Waals surface area contributed by atoms with Crippen LogP contribution >= 0.6 is 0 Å². The maximum absolute atomic E-state index is 13.8. The second-order valence-corrected chi connectivity index (χ2v) is 10.3. The highest BCUT2D eigenvalue weighted by Gasteiger charge is 2.61. The monoisotopic (exact) mass is 591 g/mol. The standard InChI is InChI=1S/C32H33NO10/c1-20(33(19-27(34)35)29(36)28-21(2)42-32(43-28,30(37)38)31(39)40)26(18-13-22-9-5-3-6-10-22)23-14-16-25(17-15-23)41-24-11-7-4-8-12-24/h3-12,14-17,20-21,26,28H,13,18-19H2,1-2H3,(H,34,35)(H,37,38)(H,39,40). The van der Waals surface area contributed by atoms with Gasteiger partial charge in [-0.2, -0.15) is 0 Å². The van der Waals surface area contributed by atoms with Crippen molar-refractivity contribution in [1.29, 1.82) is 0 Å². The molecule has 11 nitrogen and oxygen atoms in total. The molecular formula is C32H33NO10. The molecule has 0 aromatic heterocycles. The quantitative estimate of drug-likeness (QED) is 0.246. The molecule has 1 aliphatic rings. The molecule has 226 valence electrons. The third-order valence-corrected chi connectivity index (χ3v) is 7.41. The number of carboxylic acids is 3. The van der Waals surface area contributed by atoms with Crippen LogP contribution in [0.3, 0.4) is 0 Å². The van der Waals surface area contributed by atoms with Crippen molar-refractivity contribution < 1.29 is 48.7 Å². The number of aliphatic carboxylic acids is 3. The first-order valence-electron chi connectivity index (χ1n) is 13.7. The van der Waals surface area contributed by atoms with E-state index in [-0.39, 0.29) is 5.92 Å². The zero-order valence-electron chi connectivity index (χ0n) is 23.7. The van der Waals surface area contributed by atoms with Crippen LogP contribution < -0.4 is 4.74 Å². The van der Waals surface area contributed by atoms with Gasteiger partial charge in [0, 0.05) is 12.0 Å². The van der Waals surface area contributed by atoms with Crippen molar-refractivity contribution in [3.05, 3.63) is 96.1 Å². The highest BCUT2D eigenvalue weighted by atomic mass is 16.8. The summed E-state index contributed by atoms with van der Waals surface area (Å²) in [6.45, 7) is 2.28. The van der Waals surface area contributed by atoms with E-state index < -0.39 is 54.4 Å². The van der Waals surface area contributed by atoms with Crippen LogP contribution in [-0.4, -0.2) is 74.6 Å². The predicted molar refractivity (Wildman–Crippen MR) is 153 cm³/mol. The molecule has 0 saturated carbocycles. The minimum atomic E-state index is -3.08. The summed E-state index contributed by atoms with van der Waals surface area (Å²) < 4.78 is 16.3. The van der Waals surface area contributed by atoms with Crippen molar-refractivity contribution in [2.45, 2.75) is 56.6 Å². The molecule has 43 heavy (non-hydrogen) atoms. The van der Waals surface area contributed by atoms with Gasteiger partial charge in [0.2, 0.25) is 0 Å². The van der Waals surface area contributed by atoms with Gasteiger partial charge in [-0.1, -0.05) is 60.7 Å². The van der Waals surface area contributed by atoms with Gasteiger partial charge >= 0.3 is 23.7 Å². The van der Waals surface area contributed by atoms with Crippen molar-refractivity contribution in [2.24, 2.45) is 0 Å². The summed E-state index contributed by atoms with van der Waals surface area (Å²) in [6.07, 6.45) is -1.79. The van der Waals surface area contributed by atoms with E-state index in [1.165, 1.54) is 6.92 Å². The average Bonchev–Trinajstić information content (AvgIpc) is 3.36. The number of nitrogens with zero attached hydrogens (tertiary/aromatic N) is 1. The lowest BCUT2D eigenvalue weighted by Crippen LogP contribution is -2.52. The van der Waals surface area contributed by atoms with E-state index >= 15 is 0 Å². The summed E-state index contributed by atoms with van der Waals surface area (Å²) in [5.74, 6) is -8.27. The molecule has 4 rings (SSSR count). The zero-order valence-corrected chi connectivity index (χ0v) is 23.7. The van der Waals surface area contributed by atoms with Crippen molar-refractivity contribution in [2.75, 3.05) is 6.54 Å². The van der Waals surface area contributed by atoms with Gasteiger partial charge in [-0.05, 0) is 62.1 Å². The van der Waals surface area contributed by atoms with Gasteiger partial charge in [-0.25, -0.2) is 9.59 Å². The Kier molecular flexibility index (Phi) is 9.79. The average molecular weight is 592 g/mol. The Morgan fingerprint density at radius 2 is 1.40 bits per heavy atom. The number of ether oxygens (including phenoxy) is 3. The zero-order chi connectivity index (χ0) is 31.1. The highest BCUT2D eigenvalue weighted by molar-refractivity contribution is 6.01. The summed E-state index contributed by atoms with van der Waals surface area (Å²) in [5.41, 5.74) is 1.86. The van der Waals surface area contributed by atoms with Gasteiger partial charge in [0.15, 0.2) is 6.10 Å². The molecule has 1 saturated heterocycles. The van der Waals surface area contributed by atoms with Gasteiger partial charge in [-0.15, -0.1) is 0 Å². The Morgan fingerprint density at radius 3 is 1.93 bits per heavy atom. The third-order valence-electron chi connectivity index (χ3n) is 7.41. The van der Waals surface area contributed by atoms with Crippen LogP contribution in [0.15, 0.2) is 84.9 Å². The van der Waals surface area contributed by atoms with Crippen LogP contribution in [0, 0.1) is 0 Å². The fourth-order valence-electron chi connectivity index (χ4n) is 5.18. The molecule has 0 aliphatic carbocycles. The summed E-state index contributed by atoms with van der Waals surface area (Å²) >= 11 is 0. The smallest absolute Gasteiger partial charge is 0.377 e. The van der Waals surface area contributed by atoms with Gasteiger partial charge in [0.05, 0.1) is 6.10 Å². The fourth-order valence-corrected chi connectivity index (χ4v) is 5.18. The highest BCUT2D eigenvalue weighted by Crippen LogP contribution is 2.35. The number of para-hydroxylation sites is 1. The molecule has 3 N–H and O–H groups in total. The first-order chi connectivity index (χ1) is 20.5. The fraction of sp³-hybridized carbons (Fsp3) is 0.312. The van der Waals surface area contributed by atoms with Crippen LogP contribution in [-0.2, 0) is 35.1 Å². The van der Waals surface area contributed by atoms with Gasteiger partial charge in [0.25, 0.3) is 5.91 Å². The van der Waals surface area contributed by atoms with Crippen LogP contribution in [0.5, 0.6) is 11.5 Å². The summed E-state index contributed by atoms with van der Waals surface area (Å²) in [5, 5.41) is 28.8. The predicted octanol–water partition coefficient (Wildman–Crippen LogP) is 4.17. The number of carbonyl (C=O) groups is 4. The molecule has 4 atom stereocenters. The Bertz CT molecular complexity index is 1410. The maximum atomic E-state index is 13.8. The normalized spacial score (nSPS) is 18.7. The molecule has 4 unspecified atom stereocenters. The number of carbonyl (C=O) groups excluding carboxylic acids is 1. The molecule has 3 aromatic rings. The molecule has 0 spiro atoms. The van der Waals surface area contributed by atoms with E-state index in [4.69, 9.17) is 14.2 Å². The number of aryl methyl sites for hydroxylation is 1. The summed E-state index contributed by atoms with van der Waals surface area (Å²) in [4.78, 5) is 50.3. The summed E-state index contributed by atoms with van der Waals surface area (Å²) in [6, 6.07) is 25.5. The lowest BCUT2D eigenvalue weighted by molar-refractivity contribution is -0.220. The number of benzene rings is 3. The number of hydrogen-bond donors (Lipinski definition) is 3. The first-order valence-corrected chi connectivity index (χ1v) is 13.7. The second-order valence-electron chi connectivity index (χ2n) is 10.3. The molecule has 11 heteroatoms. The number of amides is 1. The minimum Gasteiger partial charge on any atom is -0.480 e. The van der Waals surface area contributed by atoms with E-state index in [0.29, 0.717) is 24.3 Å². The van der Waals surface area contributed by atoms with Gasteiger partial charge in [0.1, 0.15) is 18.0 Å². The molecule has 0 bridgehead atoms. The minimum absolute atomic E-state index is 0.379. The second kappa shape index (κ2) is 13.5. The molecule has 3 aromatic carbocycles. The van der Waals surface area contributed by atoms with Crippen molar-refractivity contribution in [3.63, 3.8) is 0 Å². The maximum Gasteiger partial charge on any atom is 0.377 e. The Labute approximate surface area is 248 Å². The van der Waals surface area contributed by atoms with Crippen LogP contribution in [0.1, 0.15) is 37.3 Å². The number of hydrogen-bond acceptors (Lipinski definition) is 7. The topological polar surface area (TPSA) is 160 Å². The molecule has 0 radical (unpaired) electrons. The molecule has 1 aliphatic heterocycles. The lowest BCUT2D eigenvalue weighted by atomic mass is 9.85.